The van der Waals surface area contributed by atoms with Crippen LogP contribution in [0.3, 0.4) is 0 Å². The first kappa shape index (κ1) is 16.0. The molecule has 1 atom stereocenters. The molecule has 0 spiro atoms. The van der Waals surface area contributed by atoms with Gasteiger partial charge in [0.25, 0.3) is 5.91 Å². The number of aliphatic carboxylic acids is 1. The van der Waals surface area contributed by atoms with E-state index in [-0.39, 0.29) is 5.91 Å². The Morgan fingerprint density at radius 2 is 1.86 bits per heavy atom. The molecule has 1 unspecified atom stereocenters. The van der Waals surface area contributed by atoms with E-state index in [1.807, 2.05) is 0 Å². The Hall–Kier alpha value is -2.37. The van der Waals surface area contributed by atoms with E-state index in [4.69, 9.17) is 5.11 Å². The molecule has 1 aromatic rings. The minimum Gasteiger partial charge on any atom is -0.480 e. The van der Waals surface area contributed by atoms with Gasteiger partial charge >= 0.3 is 5.97 Å². The second-order valence-electron chi connectivity index (χ2n) is 5.66. The van der Waals surface area contributed by atoms with Gasteiger partial charge in [0, 0.05) is 17.7 Å². The number of nitrogens with one attached hydrogen (secondary N) is 2. The first-order valence-electron chi connectivity index (χ1n) is 7.39. The first-order valence-corrected chi connectivity index (χ1v) is 7.39. The van der Waals surface area contributed by atoms with Gasteiger partial charge in [0.2, 0.25) is 5.91 Å². The maximum atomic E-state index is 11.8. The zero-order chi connectivity index (χ0) is 16.1. The van der Waals surface area contributed by atoms with Gasteiger partial charge in [-0.25, -0.2) is 0 Å². The Labute approximate surface area is 128 Å². The van der Waals surface area contributed by atoms with E-state index in [2.05, 4.69) is 10.6 Å². The van der Waals surface area contributed by atoms with Gasteiger partial charge in [-0.2, -0.15) is 0 Å². The lowest BCUT2D eigenvalue weighted by Gasteiger charge is -2.24. The van der Waals surface area contributed by atoms with Gasteiger partial charge in [0.1, 0.15) is 6.04 Å². The minimum absolute atomic E-state index is 0.0126. The Balaban J connectivity index is 1.87. The SMILES string of the molecule is CC(NC(=O)c1ccc(NC(=O)CC2CCC2)cc1)C(=O)O. The van der Waals surface area contributed by atoms with Crippen molar-refractivity contribution in [3.63, 3.8) is 0 Å². The van der Waals surface area contributed by atoms with Gasteiger partial charge in [0.05, 0.1) is 0 Å². The molecule has 1 aliphatic rings. The number of hydrogen-bond acceptors (Lipinski definition) is 3. The standard InChI is InChI=1S/C16H20N2O4/c1-10(16(21)22)17-15(20)12-5-7-13(8-6-12)18-14(19)9-11-3-2-4-11/h5-8,10-11H,2-4,9H2,1H3,(H,17,20)(H,18,19)(H,21,22). The van der Waals surface area contributed by atoms with Crippen LogP contribution >= 0.6 is 0 Å². The third-order valence-electron chi connectivity index (χ3n) is 3.85. The van der Waals surface area contributed by atoms with Gasteiger partial charge in [-0.3, -0.25) is 14.4 Å². The van der Waals surface area contributed by atoms with Crippen molar-refractivity contribution in [3.05, 3.63) is 29.8 Å². The minimum atomic E-state index is -1.09. The monoisotopic (exact) mass is 304 g/mol. The first-order chi connectivity index (χ1) is 10.5. The summed E-state index contributed by atoms with van der Waals surface area (Å²) in [6.45, 7) is 1.40. The lowest BCUT2D eigenvalue weighted by Crippen LogP contribution is -2.38. The fourth-order valence-electron chi connectivity index (χ4n) is 2.22. The maximum absolute atomic E-state index is 11.8. The summed E-state index contributed by atoms with van der Waals surface area (Å²) in [6.07, 6.45) is 3.98. The number of amides is 2. The van der Waals surface area contributed by atoms with Crippen molar-refractivity contribution in [1.82, 2.24) is 5.32 Å². The van der Waals surface area contributed by atoms with Gasteiger partial charge in [-0.05, 0) is 49.9 Å². The molecule has 6 nitrogen and oxygen atoms in total. The summed E-state index contributed by atoms with van der Waals surface area (Å²) in [6, 6.07) is 5.44. The number of benzene rings is 1. The molecule has 3 N–H and O–H groups in total. The smallest absolute Gasteiger partial charge is 0.325 e. The van der Waals surface area contributed by atoms with Crippen molar-refractivity contribution in [2.75, 3.05) is 5.32 Å². The van der Waals surface area contributed by atoms with Crippen LogP contribution in [0.15, 0.2) is 24.3 Å². The highest BCUT2D eigenvalue weighted by Crippen LogP contribution is 2.29. The van der Waals surface area contributed by atoms with E-state index >= 15 is 0 Å². The van der Waals surface area contributed by atoms with Gasteiger partial charge in [-0.1, -0.05) is 6.42 Å². The highest BCUT2D eigenvalue weighted by Gasteiger charge is 2.20. The number of rotatable bonds is 6. The molecule has 1 aromatic carbocycles. The van der Waals surface area contributed by atoms with Crippen LogP contribution < -0.4 is 10.6 Å². The van der Waals surface area contributed by atoms with Gasteiger partial charge in [0.15, 0.2) is 0 Å². The summed E-state index contributed by atoms with van der Waals surface area (Å²) in [5.41, 5.74) is 0.984. The molecular weight excluding hydrogens is 284 g/mol. The maximum Gasteiger partial charge on any atom is 0.325 e. The third-order valence-corrected chi connectivity index (χ3v) is 3.85. The van der Waals surface area contributed by atoms with Crippen LogP contribution in [0.25, 0.3) is 0 Å². The lowest BCUT2D eigenvalue weighted by molar-refractivity contribution is -0.138. The summed E-state index contributed by atoms with van der Waals surface area (Å²) >= 11 is 0. The van der Waals surface area contributed by atoms with E-state index in [0.717, 1.165) is 12.8 Å². The van der Waals surface area contributed by atoms with Crippen LogP contribution in [0.4, 0.5) is 5.69 Å². The normalized spacial score (nSPS) is 15.5. The van der Waals surface area contributed by atoms with Crippen LogP contribution in [0.2, 0.25) is 0 Å². The zero-order valence-electron chi connectivity index (χ0n) is 12.5. The Morgan fingerprint density at radius 1 is 1.23 bits per heavy atom. The summed E-state index contributed by atoms with van der Waals surface area (Å²) in [5.74, 6) is -1.06. The number of anilines is 1. The zero-order valence-corrected chi connectivity index (χ0v) is 12.5. The van der Waals surface area contributed by atoms with Crippen molar-refractivity contribution in [2.24, 2.45) is 5.92 Å². The molecule has 0 saturated heterocycles. The fourth-order valence-corrected chi connectivity index (χ4v) is 2.22. The average Bonchev–Trinajstić information content (AvgIpc) is 2.43. The Kier molecular flexibility index (Phi) is 5.14. The molecule has 1 aliphatic carbocycles. The topological polar surface area (TPSA) is 95.5 Å². The summed E-state index contributed by atoms with van der Waals surface area (Å²) in [4.78, 5) is 34.3. The molecular formula is C16H20N2O4. The van der Waals surface area contributed by atoms with Crippen LogP contribution in [-0.2, 0) is 9.59 Å². The number of carboxylic acid groups (broad SMARTS) is 1. The van der Waals surface area contributed by atoms with Crippen LogP contribution in [0.5, 0.6) is 0 Å². The molecule has 0 radical (unpaired) electrons. The van der Waals surface area contributed by atoms with E-state index in [0.29, 0.717) is 23.6 Å². The third kappa shape index (κ3) is 4.31. The molecule has 0 heterocycles. The molecule has 2 amide bonds. The van der Waals surface area contributed by atoms with Crippen molar-refractivity contribution in [3.8, 4) is 0 Å². The predicted molar refractivity (Wildman–Crippen MR) is 81.6 cm³/mol. The van der Waals surface area contributed by atoms with Crippen molar-refractivity contribution >= 4 is 23.5 Å². The molecule has 0 aliphatic heterocycles. The van der Waals surface area contributed by atoms with E-state index in [1.165, 1.54) is 13.3 Å². The number of carbonyl (C=O) groups excluding carboxylic acids is 2. The second-order valence-corrected chi connectivity index (χ2v) is 5.66. The van der Waals surface area contributed by atoms with Gasteiger partial charge in [-0.15, -0.1) is 0 Å². The van der Waals surface area contributed by atoms with Crippen LogP contribution in [0, 0.1) is 5.92 Å². The Morgan fingerprint density at radius 3 is 2.36 bits per heavy atom. The highest BCUT2D eigenvalue weighted by atomic mass is 16.4. The molecule has 6 heteroatoms. The highest BCUT2D eigenvalue weighted by molar-refractivity contribution is 5.97. The van der Waals surface area contributed by atoms with E-state index in [1.54, 1.807) is 24.3 Å². The van der Waals surface area contributed by atoms with E-state index < -0.39 is 17.9 Å². The molecule has 1 saturated carbocycles. The summed E-state index contributed by atoms with van der Waals surface area (Å²) < 4.78 is 0. The summed E-state index contributed by atoms with van der Waals surface area (Å²) in [5, 5.41) is 13.9. The average molecular weight is 304 g/mol. The van der Waals surface area contributed by atoms with Gasteiger partial charge < -0.3 is 15.7 Å². The number of carbonyl (C=O) groups is 3. The summed E-state index contributed by atoms with van der Waals surface area (Å²) in [7, 11) is 0. The lowest BCUT2D eigenvalue weighted by atomic mass is 9.83. The number of hydrogen-bond donors (Lipinski definition) is 3. The van der Waals surface area contributed by atoms with Crippen LogP contribution in [0.1, 0.15) is 43.0 Å². The van der Waals surface area contributed by atoms with E-state index in [9.17, 15) is 14.4 Å². The predicted octanol–water partition coefficient (Wildman–Crippen LogP) is 2.02. The molecule has 118 valence electrons. The molecule has 1 fully saturated rings. The molecule has 0 aromatic heterocycles. The second kappa shape index (κ2) is 7.06. The largest absolute Gasteiger partial charge is 0.480 e. The Bertz CT molecular complexity index is 564. The van der Waals surface area contributed by atoms with Crippen molar-refractivity contribution < 1.29 is 19.5 Å². The van der Waals surface area contributed by atoms with Crippen molar-refractivity contribution in [2.45, 2.75) is 38.6 Å². The molecule has 0 bridgehead atoms. The molecule has 22 heavy (non-hydrogen) atoms. The fraction of sp³-hybridized carbons (Fsp3) is 0.438. The quantitative estimate of drug-likeness (QED) is 0.749. The molecule has 2 rings (SSSR count). The van der Waals surface area contributed by atoms with Crippen molar-refractivity contribution in [1.29, 1.82) is 0 Å². The van der Waals surface area contributed by atoms with Crippen LogP contribution in [-0.4, -0.2) is 28.9 Å². The number of carboxylic acids is 1.